The molecule has 0 amide bonds. The second kappa shape index (κ2) is 6.14. The zero-order valence-corrected chi connectivity index (χ0v) is 12.6. The molecule has 0 aliphatic carbocycles. The molecule has 0 aromatic rings. The maximum Gasteiger partial charge on any atom is 0.0784 e. The molecule has 1 heterocycles. The Kier molecular flexibility index (Phi) is 5.39. The molecule has 0 aromatic heterocycles. The van der Waals surface area contributed by atoms with Gasteiger partial charge in [-0.1, -0.05) is 39.9 Å². The first-order chi connectivity index (χ1) is 7.83. The molecule has 1 saturated heterocycles. The van der Waals surface area contributed by atoms with Crippen molar-refractivity contribution in [3.63, 3.8) is 0 Å². The van der Waals surface area contributed by atoms with Gasteiger partial charge in [-0.05, 0) is 44.2 Å². The summed E-state index contributed by atoms with van der Waals surface area (Å²) in [5.41, 5.74) is 5.76. The lowest BCUT2D eigenvalue weighted by Crippen LogP contribution is -2.31. The topological polar surface area (TPSA) is 29.3 Å². The van der Waals surface area contributed by atoms with Gasteiger partial charge in [0.2, 0.25) is 0 Å². The lowest BCUT2D eigenvalue weighted by Gasteiger charge is -2.24. The van der Waals surface area contributed by atoms with Crippen LogP contribution in [0.4, 0.5) is 0 Å². The first-order valence-corrected chi connectivity index (χ1v) is 7.26. The molecule has 0 aromatic carbocycles. The van der Waals surface area contributed by atoms with Crippen molar-refractivity contribution in [3.8, 4) is 0 Å². The Hall–Kier alpha value is -0.150. The maximum atomic E-state index is 5.74. The van der Waals surface area contributed by atoms with Gasteiger partial charge in [-0.25, -0.2) is 0 Å². The van der Waals surface area contributed by atoms with Crippen LogP contribution in [-0.4, -0.2) is 29.5 Å². The highest BCUT2D eigenvalue weighted by atomic mass is 32.1. The fraction of sp³-hybridized carbons (Fsp3) is 0.929. The normalized spacial score (nSPS) is 22.3. The maximum absolute atomic E-state index is 5.74. The highest BCUT2D eigenvalue weighted by Crippen LogP contribution is 2.26. The van der Waals surface area contributed by atoms with Crippen molar-refractivity contribution in [2.24, 2.45) is 23.0 Å². The zero-order chi connectivity index (χ0) is 13.1. The predicted molar refractivity (Wildman–Crippen MR) is 79.2 cm³/mol. The van der Waals surface area contributed by atoms with Crippen molar-refractivity contribution < 1.29 is 0 Å². The third kappa shape index (κ3) is 4.55. The molecule has 100 valence electrons. The number of nitrogens with zero attached hydrogens (tertiary/aromatic N) is 1. The first kappa shape index (κ1) is 14.9. The van der Waals surface area contributed by atoms with Gasteiger partial charge in [0.05, 0.1) is 4.99 Å². The Morgan fingerprint density at radius 3 is 2.59 bits per heavy atom. The van der Waals surface area contributed by atoms with Crippen molar-refractivity contribution in [1.29, 1.82) is 0 Å². The smallest absolute Gasteiger partial charge is 0.0784 e. The van der Waals surface area contributed by atoms with Gasteiger partial charge in [-0.2, -0.15) is 0 Å². The van der Waals surface area contributed by atoms with Crippen LogP contribution in [0.25, 0.3) is 0 Å². The fourth-order valence-corrected chi connectivity index (χ4v) is 2.58. The van der Waals surface area contributed by atoms with Crippen LogP contribution < -0.4 is 5.73 Å². The molecule has 3 heteroatoms. The monoisotopic (exact) mass is 256 g/mol. The van der Waals surface area contributed by atoms with E-state index in [2.05, 4.69) is 32.6 Å². The summed E-state index contributed by atoms with van der Waals surface area (Å²) in [6.07, 6.45) is 3.68. The summed E-state index contributed by atoms with van der Waals surface area (Å²) < 4.78 is 0. The standard InChI is InChI=1S/C14H28N2S/c1-11(2)12-6-9-16(10-12)8-5-7-14(3,4)13(15)17/h11-12H,5-10H2,1-4H3,(H2,15,17). The van der Waals surface area contributed by atoms with Gasteiger partial charge in [-0.3, -0.25) is 0 Å². The molecule has 0 bridgehead atoms. The minimum Gasteiger partial charge on any atom is -0.393 e. The first-order valence-electron chi connectivity index (χ1n) is 6.85. The Morgan fingerprint density at radius 2 is 2.12 bits per heavy atom. The minimum atomic E-state index is 0.0203. The van der Waals surface area contributed by atoms with Crippen molar-refractivity contribution in [1.82, 2.24) is 4.90 Å². The highest BCUT2D eigenvalue weighted by Gasteiger charge is 2.25. The number of hydrogen-bond acceptors (Lipinski definition) is 2. The van der Waals surface area contributed by atoms with E-state index < -0.39 is 0 Å². The van der Waals surface area contributed by atoms with E-state index in [9.17, 15) is 0 Å². The summed E-state index contributed by atoms with van der Waals surface area (Å²) in [7, 11) is 0. The highest BCUT2D eigenvalue weighted by molar-refractivity contribution is 7.80. The Morgan fingerprint density at radius 1 is 1.47 bits per heavy atom. The molecule has 0 spiro atoms. The van der Waals surface area contributed by atoms with Crippen molar-refractivity contribution >= 4 is 17.2 Å². The summed E-state index contributed by atoms with van der Waals surface area (Å²) in [5, 5.41) is 0. The fourth-order valence-electron chi connectivity index (χ4n) is 2.48. The van der Waals surface area contributed by atoms with Gasteiger partial charge in [0.1, 0.15) is 0 Å². The number of hydrogen-bond donors (Lipinski definition) is 1. The predicted octanol–water partition coefficient (Wildman–Crippen LogP) is 3.06. The molecule has 1 aliphatic heterocycles. The van der Waals surface area contributed by atoms with E-state index in [0.717, 1.165) is 18.3 Å². The lowest BCUT2D eigenvalue weighted by molar-refractivity contribution is 0.285. The van der Waals surface area contributed by atoms with Crippen molar-refractivity contribution in [3.05, 3.63) is 0 Å². The molecule has 17 heavy (non-hydrogen) atoms. The molecule has 1 fully saturated rings. The molecule has 0 radical (unpaired) electrons. The van der Waals surface area contributed by atoms with Crippen LogP contribution in [-0.2, 0) is 0 Å². The second-order valence-corrected chi connectivity index (χ2v) is 6.88. The Balaban J connectivity index is 2.23. The summed E-state index contributed by atoms with van der Waals surface area (Å²) >= 11 is 5.10. The zero-order valence-electron chi connectivity index (χ0n) is 11.8. The summed E-state index contributed by atoms with van der Waals surface area (Å²) in [5.74, 6) is 1.73. The molecule has 2 N–H and O–H groups in total. The van der Waals surface area contributed by atoms with Gasteiger partial charge in [-0.15, -0.1) is 0 Å². The van der Waals surface area contributed by atoms with E-state index >= 15 is 0 Å². The van der Waals surface area contributed by atoms with E-state index in [4.69, 9.17) is 18.0 Å². The SMILES string of the molecule is CC(C)C1CCN(CCCC(C)(C)C(N)=S)C1. The van der Waals surface area contributed by atoms with E-state index in [1.807, 2.05) is 0 Å². The minimum absolute atomic E-state index is 0.0203. The average Bonchev–Trinajstić information content (AvgIpc) is 2.66. The van der Waals surface area contributed by atoms with Crippen LogP contribution in [0, 0.1) is 17.3 Å². The largest absolute Gasteiger partial charge is 0.393 e. The molecule has 0 saturated carbocycles. The number of rotatable bonds is 6. The van der Waals surface area contributed by atoms with Gasteiger partial charge >= 0.3 is 0 Å². The van der Waals surface area contributed by atoms with Gasteiger partial charge in [0.15, 0.2) is 0 Å². The van der Waals surface area contributed by atoms with Gasteiger partial charge < -0.3 is 10.6 Å². The third-order valence-electron chi connectivity index (χ3n) is 4.19. The van der Waals surface area contributed by atoms with Crippen LogP contribution >= 0.6 is 12.2 Å². The summed E-state index contributed by atoms with van der Waals surface area (Å²) in [6.45, 7) is 12.7. The second-order valence-electron chi connectivity index (χ2n) is 6.45. The van der Waals surface area contributed by atoms with Crippen molar-refractivity contribution in [2.75, 3.05) is 19.6 Å². The number of nitrogens with two attached hydrogens (primary N) is 1. The quantitative estimate of drug-likeness (QED) is 0.741. The van der Waals surface area contributed by atoms with Crippen LogP contribution in [0.3, 0.4) is 0 Å². The van der Waals surface area contributed by atoms with Crippen LogP contribution in [0.5, 0.6) is 0 Å². The molecule has 1 atom stereocenters. The Labute approximate surface area is 112 Å². The summed E-state index contributed by atoms with van der Waals surface area (Å²) in [6, 6.07) is 0. The van der Waals surface area contributed by atoms with E-state index in [0.29, 0.717) is 4.99 Å². The van der Waals surface area contributed by atoms with Gasteiger partial charge in [0.25, 0.3) is 0 Å². The average molecular weight is 256 g/mol. The third-order valence-corrected chi connectivity index (χ3v) is 4.75. The number of likely N-dealkylation sites (tertiary alicyclic amines) is 1. The molecular weight excluding hydrogens is 228 g/mol. The molecule has 1 rings (SSSR count). The van der Waals surface area contributed by atoms with Crippen LogP contribution in [0.2, 0.25) is 0 Å². The molecule has 2 nitrogen and oxygen atoms in total. The molecule has 1 aliphatic rings. The van der Waals surface area contributed by atoms with E-state index in [-0.39, 0.29) is 5.41 Å². The van der Waals surface area contributed by atoms with Crippen LogP contribution in [0.1, 0.15) is 47.0 Å². The number of thiocarbonyl (C=S) groups is 1. The van der Waals surface area contributed by atoms with Crippen LogP contribution in [0.15, 0.2) is 0 Å². The van der Waals surface area contributed by atoms with E-state index in [1.54, 1.807) is 0 Å². The molecular formula is C14H28N2S. The van der Waals surface area contributed by atoms with Crippen molar-refractivity contribution in [2.45, 2.75) is 47.0 Å². The van der Waals surface area contributed by atoms with E-state index in [1.165, 1.54) is 32.5 Å². The summed E-state index contributed by atoms with van der Waals surface area (Å²) in [4.78, 5) is 3.25. The molecule has 1 unspecified atom stereocenters. The van der Waals surface area contributed by atoms with Gasteiger partial charge in [0, 0.05) is 12.0 Å². The lowest BCUT2D eigenvalue weighted by atomic mass is 9.88. The Bertz CT molecular complexity index is 261.